The molecule has 0 bridgehead atoms. The summed E-state index contributed by atoms with van der Waals surface area (Å²) in [6, 6.07) is 0.493. The van der Waals surface area contributed by atoms with Crippen LogP contribution >= 0.6 is 23.1 Å². The largest absolute Gasteiger partial charge is 0.396 e. The number of carbonyl (C=O) groups excluding carboxylic acids is 1. The van der Waals surface area contributed by atoms with Crippen molar-refractivity contribution in [2.45, 2.75) is 49.5 Å². The summed E-state index contributed by atoms with van der Waals surface area (Å²) in [7, 11) is 0. The Hall–Kier alpha value is -0.880. The van der Waals surface area contributed by atoms with Crippen LogP contribution in [0.2, 0.25) is 0 Å². The molecule has 1 saturated carbocycles. The molecule has 0 spiro atoms. The number of amides is 1. The van der Waals surface area contributed by atoms with Crippen molar-refractivity contribution in [2.24, 2.45) is 5.73 Å². The monoisotopic (exact) mass is 299 g/mol. The Balaban J connectivity index is 2.18. The first-order chi connectivity index (χ1) is 9.13. The highest BCUT2D eigenvalue weighted by Gasteiger charge is 2.21. The highest BCUT2D eigenvalue weighted by molar-refractivity contribution is 7.99. The van der Waals surface area contributed by atoms with Crippen LogP contribution < -0.4 is 16.8 Å². The molecular weight excluding hydrogens is 278 g/mol. The van der Waals surface area contributed by atoms with Crippen molar-refractivity contribution in [2.75, 3.05) is 17.3 Å². The fourth-order valence-electron chi connectivity index (χ4n) is 2.52. The maximum absolute atomic E-state index is 11.4. The van der Waals surface area contributed by atoms with E-state index in [9.17, 15) is 4.79 Å². The molecule has 1 aromatic heterocycles. The predicted molar refractivity (Wildman–Crippen MR) is 84.1 cm³/mol. The zero-order valence-electron chi connectivity index (χ0n) is 11.2. The van der Waals surface area contributed by atoms with Crippen molar-refractivity contribution in [1.82, 2.24) is 0 Å². The average molecular weight is 299 g/mol. The Labute approximate surface area is 122 Å². The van der Waals surface area contributed by atoms with Gasteiger partial charge < -0.3 is 16.8 Å². The van der Waals surface area contributed by atoms with Gasteiger partial charge in [0.1, 0.15) is 9.88 Å². The summed E-state index contributed by atoms with van der Waals surface area (Å²) in [5, 5.41) is 4.57. The van der Waals surface area contributed by atoms with E-state index in [1.54, 1.807) is 11.8 Å². The van der Waals surface area contributed by atoms with E-state index in [2.05, 4.69) is 5.32 Å². The second kappa shape index (κ2) is 6.52. The lowest BCUT2D eigenvalue weighted by atomic mass is 10.1. The maximum atomic E-state index is 11.4. The summed E-state index contributed by atoms with van der Waals surface area (Å²) in [6.45, 7) is 0. The minimum absolute atomic E-state index is 0.438. The van der Waals surface area contributed by atoms with E-state index >= 15 is 0 Å². The molecule has 0 saturated heterocycles. The molecule has 0 radical (unpaired) electrons. The van der Waals surface area contributed by atoms with Crippen LogP contribution in [0.4, 0.5) is 10.7 Å². The van der Waals surface area contributed by atoms with Crippen LogP contribution in [-0.4, -0.2) is 18.2 Å². The number of rotatable bonds is 4. The number of nitrogen functional groups attached to an aromatic ring is 1. The number of thioether (sulfide) groups is 1. The van der Waals surface area contributed by atoms with Gasteiger partial charge in [-0.1, -0.05) is 25.7 Å². The van der Waals surface area contributed by atoms with Gasteiger partial charge in [0.2, 0.25) is 0 Å². The molecule has 0 aliphatic heterocycles. The zero-order chi connectivity index (χ0) is 13.8. The molecule has 6 heteroatoms. The second-order valence-corrected chi connectivity index (χ2v) is 6.74. The quantitative estimate of drug-likeness (QED) is 0.588. The summed E-state index contributed by atoms with van der Waals surface area (Å²) in [5.41, 5.74) is 11.9. The maximum Gasteiger partial charge on any atom is 0.261 e. The van der Waals surface area contributed by atoms with Gasteiger partial charge in [0.25, 0.3) is 5.91 Å². The Morgan fingerprint density at radius 1 is 1.32 bits per heavy atom. The first-order valence-corrected chi connectivity index (χ1v) is 8.70. The van der Waals surface area contributed by atoms with E-state index in [0.717, 1.165) is 9.90 Å². The lowest BCUT2D eigenvalue weighted by Crippen LogP contribution is -2.17. The molecule has 0 atom stereocenters. The first-order valence-electron chi connectivity index (χ1n) is 6.66. The third-order valence-corrected chi connectivity index (χ3v) is 5.63. The van der Waals surface area contributed by atoms with Crippen LogP contribution in [0, 0.1) is 0 Å². The summed E-state index contributed by atoms with van der Waals surface area (Å²) in [5.74, 6) is -0.438. The fourth-order valence-corrected chi connectivity index (χ4v) is 4.47. The number of primary amides is 1. The van der Waals surface area contributed by atoms with E-state index in [1.807, 2.05) is 6.26 Å². The van der Waals surface area contributed by atoms with Gasteiger partial charge in [-0.25, -0.2) is 0 Å². The van der Waals surface area contributed by atoms with Gasteiger partial charge in [-0.3, -0.25) is 4.79 Å². The van der Waals surface area contributed by atoms with E-state index in [4.69, 9.17) is 11.5 Å². The Kier molecular flexibility index (Phi) is 4.99. The van der Waals surface area contributed by atoms with Crippen molar-refractivity contribution in [3.8, 4) is 0 Å². The molecule has 1 aliphatic carbocycles. The second-order valence-electron chi connectivity index (χ2n) is 4.90. The Morgan fingerprint density at radius 2 is 1.95 bits per heavy atom. The normalized spacial score (nSPS) is 17.1. The van der Waals surface area contributed by atoms with E-state index < -0.39 is 5.91 Å². The summed E-state index contributed by atoms with van der Waals surface area (Å²) in [6.07, 6.45) is 9.56. The van der Waals surface area contributed by atoms with Crippen LogP contribution in [0.3, 0.4) is 0 Å². The van der Waals surface area contributed by atoms with Crippen LogP contribution in [0.5, 0.6) is 0 Å². The van der Waals surface area contributed by atoms with Crippen molar-refractivity contribution < 1.29 is 4.79 Å². The number of nitrogens with two attached hydrogens (primary N) is 2. The highest BCUT2D eigenvalue weighted by Crippen LogP contribution is 2.42. The number of carbonyl (C=O) groups is 1. The molecule has 1 heterocycles. The van der Waals surface area contributed by atoms with Gasteiger partial charge in [0.05, 0.1) is 10.6 Å². The summed E-state index contributed by atoms with van der Waals surface area (Å²) >= 11 is 2.96. The fraction of sp³-hybridized carbons (Fsp3) is 0.615. The van der Waals surface area contributed by atoms with Crippen molar-refractivity contribution >= 4 is 39.7 Å². The molecule has 1 amide bonds. The number of nitrogens with one attached hydrogen (secondary N) is 1. The number of hydrogen-bond donors (Lipinski definition) is 3. The van der Waals surface area contributed by atoms with Gasteiger partial charge >= 0.3 is 0 Å². The molecule has 1 fully saturated rings. The van der Waals surface area contributed by atoms with E-state index in [1.165, 1.54) is 49.9 Å². The van der Waals surface area contributed by atoms with Gasteiger partial charge in [0, 0.05) is 6.04 Å². The minimum Gasteiger partial charge on any atom is -0.396 e. The summed E-state index contributed by atoms with van der Waals surface area (Å²) < 4.78 is 0. The van der Waals surface area contributed by atoms with E-state index in [-0.39, 0.29) is 0 Å². The third kappa shape index (κ3) is 3.36. The van der Waals surface area contributed by atoms with Gasteiger partial charge in [-0.05, 0) is 19.1 Å². The van der Waals surface area contributed by atoms with Gasteiger partial charge in [-0.2, -0.15) is 0 Å². The predicted octanol–water partition coefficient (Wildman–Crippen LogP) is 3.29. The highest BCUT2D eigenvalue weighted by atomic mass is 32.2. The molecule has 1 aromatic rings. The first kappa shape index (κ1) is 14.5. The standard InChI is InChI=1S/C13H21N3OS2/c1-18-11-9(14)10(12(15)17)19-13(11)16-8-6-4-2-3-5-7-8/h8,16H,2-7,14H2,1H3,(H2,15,17). The van der Waals surface area contributed by atoms with Gasteiger partial charge in [-0.15, -0.1) is 23.1 Å². The zero-order valence-corrected chi connectivity index (χ0v) is 12.8. The molecule has 5 N–H and O–H groups in total. The lowest BCUT2D eigenvalue weighted by molar-refractivity contribution is 0.100. The van der Waals surface area contributed by atoms with Crippen LogP contribution in [0.15, 0.2) is 4.90 Å². The summed E-state index contributed by atoms with van der Waals surface area (Å²) in [4.78, 5) is 12.8. The molecule has 2 rings (SSSR count). The van der Waals surface area contributed by atoms with Crippen LogP contribution in [-0.2, 0) is 0 Å². The molecule has 1 aliphatic rings. The Bertz CT molecular complexity index is 451. The molecule has 106 valence electrons. The van der Waals surface area contributed by atoms with Crippen molar-refractivity contribution in [1.29, 1.82) is 0 Å². The number of anilines is 2. The topological polar surface area (TPSA) is 81.1 Å². The average Bonchev–Trinajstić information content (AvgIpc) is 2.55. The number of thiophene rings is 1. The van der Waals surface area contributed by atoms with Crippen LogP contribution in [0.1, 0.15) is 48.2 Å². The number of hydrogen-bond acceptors (Lipinski definition) is 5. The third-order valence-electron chi connectivity index (χ3n) is 3.52. The molecule has 0 unspecified atom stereocenters. The minimum atomic E-state index is -0.438. The SMILES string of the molecule is CSc1c(NC2CCCCCC2)sc(C(N)=O)c1N. The van der Waals surface area contributed by atoms with Crippen molar-refractivity contribution in [3.05, 3.63) is 4.88 Å². The molecular formula is C13H21N3OS2. The molecule has 19 heavy (non-hydrogen) atoms. The van der Waals surface area contributed by atoms with Gasteiger partial charge in [0.15, 0.2) is 0 Å². The van der Waals surface area contributed by atoms with E-state index in [0.29, 0.717) is 16.6 Å². The van der Waals surface area contributed by atoms with Crippen LogP contribution in [0.25, 0.3) is 0 Å². The molecule has 0 aromatic carbocycles. The van der Waals surface area contributed by atoms with Crippen molar-refractivity contribution in [3.63, 3.8) is 0 Å². The smallest absolute Gasteiger partial charge is 0.261 e. The lowest BCUT2D eigenvalue weighted by Gasteiger charge is -2.17. The molecule has 4 nitrogen and oxygen atoms in total. The Morgan fingerprint density at radius 3 is 2.47 bits per heavy atom.